The van der Waals surface area contributed by atoms with E-state index in [-0.39, 0.29) is 0 Å². The summed E-state index contributed by atoms with van der Waals surface area (Å²) in [6, 6.07) is 1.85. The van der Waals surface area contributed by atoms with Gasteiger partial charge in [0.1, 0.15) is 10.4 Å². The Hall–Kier alpha value is -0.750. The number of rotatable bonds is 3. The van der Waals surface area contributed by atoms with Crippen LogP contribution in [0.5, 0.6) is 0 Å². The summed E-state index contributed by atoms with van der Waals surface area (Å²) in [7, 11) is 0. The molecular formula is C10H10Br2N4. The van der Waals surface area contributed by atoms with Crippen LogP contribution in [-0.4, -0.2) is 19.7 Å². The van der Waals surface area contributed by atoms with Gasteiger partial charge in [0.05, 0.1) is 10.7 Å². The first-order valence-electron chi connectivity index (χ1n) is 4.93. The molecular weight excluding hydrogens is 336 g/mol. The molecule has 2 aromatic heterocycles. The second-order valence-electron chi connectivity index (χ2n) is 3.32. The molecule has 0 saturated heterocycles. The van der Waals surface area contributed by atoms with Crippen LogP contribution in [0.15, 0.2) is 27.5 Å². The van der Waals surface area contributed by atoms with E-state index in [9.17, 15) is 0 Å². The predicted molar refractivity (Wildman–Crippen MR) is 68.5 cm³/mol. The van der Waals surface area contributed by atoms with E-state index < -0.39 is 0 Å². The summed E-state index contributed by atoms with van der Waals surface area (Å²) in [6.07, 6.45) is 5.49. The van der Waals surface area contributed by atoms with Crippen LogP contribution in [0.25, 0.3) is 5.82 Å². The van der Waals surface area contributed by atoms with E-state index >= 15 is 0 Å². The van der Waals surface area contributed by atoms with Crippen molar-refractivity contribution < 1.29 is 0 Å². The monoisotopic (exact) mass is 344 g/mol. The second kappa shape index (κ2) is 5.05. The molecule has 0 fully saturated rings. The molecule has 0 spiro atoms. The van der Waals surface area contributed by atoms with E-state index in [1.54, 1.807) is 10.9 Å². The summed E-state index contributed by atoms with van der Waals surface area (Å²) in [4.78, 5) is 8.75. The van der Waals surface area contributed by atoms with Gasteiger partial charge in [-0.25, -0.2) is 14.6 Å². The Balaban J connectivity index is 2.40. The Labute approximate surface area is 110 Å². The van der Waals surface area contributed by atoms with Crippen LogP contribution < -0.4 is 0 Å². The van der Waals surface area contributed by atoms with Crippen molar-refractivity contribution >= 4 is 31.9 Å². The Morgan fingerprint density at radius 3 is 2.75 bits per heavy atom. The first-order valence-corrected chi connectivity index (χ1v) is 6.51. The van der Waals surface area contributed by atoms with Crippen molar-refractivity contribution in [1.29, 1.82) is 0 Å². The molecule has 0 aliphatic carbocycles. The molecule has 0 amide bonds. The Morgan fingerprint density at radius 2 is 2.12 bits per heavy atom. The predicted octanol–water partition coefficient (Wildman–Crippen LogP) is 3.14. The van der Waals surface area contributed by atoms with E-state index in [2.05, 4.69) is 53.9 Å². The van der Waals surface area contributed by atoms with E-state index in [0.717, 1.165) is 33.6 Å². The SMILES string of the molecule is CCCc1nc(Br)cc(-n2cc(Br)cn2)n1. The molecule has 0 radical (unpaired) electrons. The van der Waals surface area contributed by atoms with E-state index in [4.69, 9.17) is 0 Å². The number of halogens is 2. The largest absolute Gasteiger partial charge is 0.226 e. The molecule has 2 heterocycles. The summed E-state index contributed by atoms with van der Waals surface area (Å²) >= 11 is 6.74. The molecule has 0 unspecified atom stereocenters. The zero-order chi connectivity index (χ0) is 11.5. The average Bonchev–Trinajstić information content (AvgIpc) is 2.64. The molecule has 16 heavy (non-hydrogen) atoms. The molecule has 2 aromatic rings. The molecule has 0 aliphatic heterocycles. The number of nitrogens with zero attached hydrogens (tertiary/aromatic N) is 4. The molecule has 0 N–H and O–H groups in total. The van der Waals surface area contributed by atoms with Gasteiger partial charge in [-0.05, 0) is 38.3 Å². The minimum Gasteiger partial charge on any atom is -0.226 e. The molecule has 6 heteroatoms. The molecule has 0 aromatic carbocycles. The van der Waals surface area contributed by atoms with Crippen molar-refractivity contribution in [2.24, 2.45) is 0 Å². The molecule has 0 atom stereocenters. The highest BCUT2D eigenvalue weighted by molar-refractivity contribution is 9.10. The summed E-state index contributed by atoms with van der Waals surface area (Å²) in [5, 5.41) is 4.19. The lowest BCUT2D eigenvalue weighted by Gasteiger charge is -2.03. The number of hydrogen-bond acceptors (Lipinski definition) is 3. The van der Waals surface area contributed by atoms with Gasteiger partial charge < -0.3 is 0 Å². The van der Waals surface area contributed by atoms with Crippen LogP contribution in [0.2, 0.25) is 0 Å². The van der Waals surface area contributed by atoms with Crippen molar-refractivity contribution in [2.45, 2.75) is 19.8 Å². The van der Waals surface area contributed by atoms with Gasteiger partial charge in [0.25, 0.3) is 0 Å². The van der Waals surface area contributed by atoms with Crippen LogP contribution in [0, 0.1) is 0 Å². The summed E-state index contributed by atoms with van der Waals surface area (Å²) in [5.74, 6) is 1.61. The van der Waals surface area contributed by atoms with Crippen LogP contribution >= 0.6 is 31.9 Å². The highest BCUT2D eigenvalue weighted by atomic mass is 79.9. The molecule has 84 valence electrons. The molecule has 2 rings (SSSR count). The van der Waals surface area contributed by atoms with E-state index in [1.165, 1.54) is 0 Å². The van der Waals surface area contributed by atoms with Crippen LogP contribution in [0.4, 0.5) is 0 Å². The van der Waals surface area contributed by atoms with Gasteiger partial charge in [0, 0.05) is 18.7 Å². The van der Waals surface area contributed by atoms with Crippen LogP contribution in [-0.2, 0) is 6.42 Å². The third-order valence-corrected chi connectivity index (χ3v) is 2.80. The number of hydrogen-bond donors (Lipinski definition) is 0. The third-order valence-electron chi connectivity index (χ3n) is 1.99. The average molecular weight is 346 g/mol. The van der Waals surface area contributed by atoms with Gasteiger partial charge in [0.2, 0.25) is 0 Å². The maximum Gasteiger partial charge on any atom is 0.158 e. The maximum absolute atomic E-state index is 4.45. The molecule has 0 bridgehead atoms. The summed E-state index contributed by atoms with van der Waals surface area (Å²) < 4.78 is 3.43. The van der Waals surface area contributed by atoms with Crippen LogP contribution in [0.1, 0.15) is 19.2 Å². The summed E-state index contributed by atoms with van der Waals surface area (Å²) in [6.45, 7) is 2.11. The van der Waals surface area contributed by atoms with Gasteiger partial charge in [-0.3, -0.25) is 0 Å². The fraction of sp³-hybridized carbons (Fsp3) is 0.300. The lowest BCUT2D eigenvalue weighted by atomic mass is 10.3. The minimum atomic E-state index is 0.774. The smallest absolute Gasteiger partial charge is 0.158 e. The standard InChI is InChI=1S/C10H10Br2N4/c1-2-3-9-14-8(12)4-10(15-9)16-6-7(11)5-13-16/h4-6H,2-3H2,1H3. The second-order valence-corrected chi connectivity index (χ2v) is 5.05. The fourth-order valence-corrected chi connectivity index (χ4v) is 2.03. The number of aryl methyl sites for hydroxylation is 1. The maximum atomic E-state index is 4.45. The van der Waals surface area contributed by atoms with Gasteiger partial charge >= 0.3 is 0 Å². The van der Waals surface area contributed by atoms with Gasteiger partial charge in [-0.1, -0.05) is 6.92 Å². The van der Waals surface area contributed by atoms with Gasteiger partial charge in [-0.15, -0.1) is 0 Å². The van der Waals surface area contributed by atoms with Gasteiger partial charge in [-0.2, -0.15) is 5.10 Å². The van der Waals surface area contributed by atoms with Crippen molar-refractivity contribution in [3.8, 4) is 5.82 Å². The van der Waals surface area contributed by atoms with Crippen molar-refractivity contribution in [1.82, 2.24) is 19.7 Å². The topological polar surface area (TPSA) is 43.6 Å². The highest BCUT2D eigenvalue weighted by Gasteiger charge is 2.05. The van der Waals surface area contributed by atoms with E-state index in [0.29, 0.717) is 0 Å². The quantitative estimate of drug-likeness (QED) is 0.802. The lowest BCUT2D eigenvalue weighted by Crippen LogP contribution is -2.03. The number of aromatic nitrogens is 4. The zero-order valence-corrected chi connectivity index (χ0v) is 11.9. The first-order chi connectivity index (χ1) is 7.69. The van der Waals surface area contributed by atoms with Gasteiger partial charge in [0.15, 0.2) is 5.82 Å². The molecule has 0 saturated carbocycles. The van der Waals surface area contributed by atoms with Crippen LogP contribution in [0.3, 0.4) is 0 Å². The van der Waals surface area contributed by atoms with Crippen molar-refractivity contribution in [2.75, 3.05) is 0 Å². The normalized spacial score (nSPS) is 10.7. The Kier molecular flexibility index (Phi) is 3.70. The Bertz CT molecular complexity index is 495. The first kappa shape index (κ1) is 11.7. The summed E-state index contributed by atoms with van der Waals surface area (Å²) in [5.41, 5.74) is 0. The third kappa shape index (κ3) is 2.68. The highest BCUT2D eigenvalue weighted by Crippen LogP contribution is 2.15. The minimum absolute atomic E-state index is 0.774. The molecule has 0 aliphatic rings. The lowest BCUT2D eigenvalue weighted by molar-refractivity contribution is 0.780. The molecule has 4 nitrogen and oxygen atoms in total. The zero-order valence-electron chi connectivity index (χ0n) is 8.69. The van der Waals surface area contributed by atoms with Crippen molar-refractivity contribution in [3.63, 3.8) is 0 Å². The van der Waals surface area contributed by atoms with E-state index in [1.807, 2.05) is 12.3 Å². The Morgan fingerprint density at radius 1 is 1.31 bits per heavy atom. The van der Waals surface area contributed by atoms with Crippen molar-refractivity contribution in [3.05, 3.63) is 33.4 Å². The fourth-order valence-electron chi connectivity index (χ4n) is 1.33.